The van der Waals surface area contributed by atoms with Crippen LogP contribution in [0.4, 0.5) is 5.82 Å². The lowest BCUT2D eigenvalue weighted by Gasteiger charge is -2.15. The van der Waals surface area contributed by atoms with Gasteiger partial charge >= 0.3 is 0 Å². The molecular weight excluding hydrogens is 288 g/mol. The van der Waals surface area contributed by atoms with Gasteiger partial charge in [-0.15, -0.1) is 0 Å². The van der Waals surface area contributed by atoms with Gasteiger partial charge in [-0.3, -0.25) is 0 Å². The fraction of sp³-hybridized carbons (Fsp3) is 0.286. The molecule has 1 heterocycles. The summed E-state index contributed by atoms with van der Waals surface area (Å²) in [5.74, 6) is 6.14. The summed E-state index contributed by atoms with van der Waals surface area (Å²) < 4.78 is 23.5. The fourth-order valence-corrected chi connectivity index (χ4v) is 2.41. The highest BCUT2D eigenvalue weighted by molar-refractivity contribution is 7.90. The van der Waals surface area contributed by atoms with Gasteiger partial charge in [-0.05, 0) is 13.8 Å². The van der Waals surface area contributed by atoms with E-state index in [2.05, 4.69) is 15.4 Å². The number of hydrogen-bond acceptors (Lipinski definition) is 6. The molecule has 1 aromatic heterocycles. The van der Waals surface area contributed by atoms with E-state index in [0.29, 0.717) is 11.5 Å². The lowest BCUT2D eigenvalue weighted by molar-refractivity contribution is 0.589. The van der Waals surface area contributed by atoms with Crippen LogP contribution in [-0.2, 0) is 9.84 Å². The Labute approximate surface area is 124 Å². The van der Waals surface area contributed by atoms with Gasteiger partial charge < -0.3 is 5.43 Å². The van der Waals surface area contributed by atoms with E-state index >= 15 is 0 Å². The van der Waals surface area contributed by atoms with E-state index in [9.17, 15) is 8.42 Å². The number of hydrogen-bond donors (Lipinski definition) is 2. The molecule has 0 spiro atoms. The van der Waals surface area contributed by atoms with E-state index in [1.54, 1.807) is 6.92 Å². The maximum Gasteiger partial charge on any atom is 0.157 e. The van der Waals surface area contributed by atoms with Gasteiger partial charge in [0, 0.05) is 17.4 Å². The first-order valence-electron chi connectivity index (χ1n) is 6.44. The van der Waals surface area contributed by atoms with E-state index < -0.39 is 15.1 Å². The fourth-order valence-electron chi connectivity index (χ4n) is 1.92. The summed E-state index contributed by atoms with van der Waals surface area (Å²) in [4.78, 5) is 8.65. The maximum absolute atomic E-state index is 11.7. The molecule has 1 aromatic carbocycles. The van der Waals surface area contributed by atoms with Crippen molar-refractivity contribution in [1.29, 1.82) is 0 Å². The zero-order valence-electron chi connectivity index (χ0n) is 12.2. The predicted molar refractivity (Wildman–Crippen MR) is 83.3 cm³/mol. The van der Waals surface area contributed by atoms with Crippen molar-refractivity contribution in [3.63, 3.8) is 0 Å². The third-order valence-corrected chi connectivity index (χ3v) is 4.85. The first-order chi connectivity index (χ1) is 9.84. The summed E-state index contributed by atoms with van der Waals surface area (Å²) in [6, 6.07) is 9.51. The van der Waals surface area contributed by atoms with Crippen LogP contribution in [0.2, 0.25) is 0 Å². The zero-order valence-corrected chi connectivity index (χ0v) is 13.0. The van der Waals surface area contributed by atoms with E-state index in [1.165, 1.54) is 6.26 Å². The van der Waals surface area contributed by atoms with Crippen molar-refractivity contribution in [2.75, 3.05) is 11.7 Å². The molecule has 21 heavy (non-hydrogen) atoms. The largest absolute Gasteiger partial charge is 0.308 e. The van der Waals surface area contributed by atoms with Crippen LogP contribution in [0.25, 0.3) is 11.3 Å². The first kappa shape index (κ1) is 15.4. The topological polar surface area (TPSA) is 98.0 Å². The van der Waals surface area contributed by atoms with Gasteiger partial charge in [-0.2, -0.15) is 0 Å². The number of sulfone groups is 1. The molecule has 0 radical (unpaired) electrons. The van der Waals surface area contributed by atoms with Crippen LogP contribution in [0.1, 0.15) is 23.6 Å². The number of benzene rings is 1. The molecule has 6 nitrogen and oxygen atoms in total. The summed E-state index contributed by atoms with van der Waals surface area (Å²) in [5.41, 5.74) is 4.83. The van der Waals surface area contributed by atoms with Gasteiger partial charge in [0.2, 0.25) is 0 Å². The molecule has 112 valence electrons. The van der Waals surface area contributed by atoms with Gasteiger partial charge in [0.25, 0.3) is 0 Å². The molecule has 3 N–H and O–H groups in total. The molecule has 0 saturated carbocycles. The Kier molecular flexibility index (Phi) is 4.24. The molecule has 0 aliphatic rings. The lowest BCUT2D eigenvalue weighted by Crippen LogP contribution is -2.17. The normalized spacial score (nSPS) is 13.0. The van der Waals surface area contributed by atoms with E-state index in [-0.39, 0.29) is 5.82 Å². The van der Waals surface area contributed by atoms with Gasteiger partial charge in [0.05, 0.1) is 5.69 Å². The molecule has 2 aromatic rings. The molecule has 0 amide bonds. The van der Waals surface area contributed by atoms with Crippen LogP contribution >= 0.6 is 0 Å². The average molecular weight is 306 g/mol. The minimum atomic E-state index is -3.29. The smallest absolute Gasteiger partial charge is 0.157 e. The van der Waals surface area contributed by atoms with E-state index in [0.717, 1.165) is 11.1 Å². The van der Waals surface area contributed by atoms with Gasteiger partial charge in [-0.25, -0.2) is 24.2 Å². The van der Waals surface area contributed by atoms with Crippen molar-refractivity contribution in [3.05, 3.63) is 41.7 Å². The van der Waals surface area contributed by atoms with Crippen molar-refractivity contribution in [3.8, 4) is 11.3 Å². The second-order valence-corrected chi connectivity index (χ2v) is 7.25. The SMILES string of the molecule is Cc1c(NN)nc(C(C)S(C)(=O)=O)nc1-c1ccccc1. The Morgan fingerprint density at radius 1 is 1.19 bits per heavy atom. The highest BCUT2D eigenvalue weighted by atomic mass is 32.2. The summed E-state index contributed by atoms with van der Waals surface area (Å²) in [5, 5.41) is -0.798. The molecule has 1 atom stereocenters. The summed E-state index contributed by atoms with van der Waals surface area (Å²) in [7, 11) is -3.29. The van der Waals surface area contributed by atoms with Crippen molar-refractivity contribution in [2.24, 2.45) is 5.84 Å². The summed E-state index contributed by atoms with van der Waals surface area (Å²) in [6.07, 6.45) is 1.17. The number of nitrogens with two attached hydrogens (primary N) is 1. The van der Waals surface area contributed by atoms with Crippen LogP contribution in [0.3, 0.4) is 0 Å². The highest BCUT2D eigenvalue weighted by Crippen LogP contribution is 2.28. The van der Waals surface area contributed by atoms with E-state index in [1.807, 2.05) is 37.3 Å². The molecule has 2 rings (SSSR count). The second-order valence-electron chi connectivity index (χ2n) is 4.89. The number of nitrogen functional groups attached to an aromatic ring is 1. The monoisotopic (exact) mass is 306 g/mol. The Morgan fingerprint density at radius 3 is 2.33 bits per heavy atom. The standard InChI is InChI=1S/C14H18N4O2S/c1-9-12(11-7-5-4-6-8-11)16-14(17-13(9)18-15)10(2)21(3,19)20/h4-8,10H,15H2,1-3H3,(H,16,17,18). The maximum atomic E-state index is 11.7. The zero-order chi connectivity index (χ0) is 15.6. The van der Waals surface area contributed by atoms with Crippen molar-refractivity contribution < 1.29 is 8.42 Å². The summed E-state index contributed by atoms with van der Waals surface area (Å²) in [6.45, 7) is 3.40. The number of rotatable bonds is 4. The molecule has 0 aliphatic carbocycles. The number of aromatic nitrogens is 2. The second kappa shape index (κ2) is 5.79. The van der Waals surface area contributed by atoms with Crippen LogP contribution in [0, 0.1) is 6.92 Å². The Bertz CT molecular complexity index is 745. The third-order valence-electron chi connectivity index (χ3n) is 3.35. The predicted octanol–water partition coefficient (Wildman–Crippen LogP) is 1.84. The van der Waals surface area contributed by atoms with Crippen LogP contribution in [0.15, 0.2) is 30.3 Å². The summed E-state index contributed by atoms with van der Waals surface area (Å²) >= 11 is 0. The molecule has 0 aliphatic heterocycles. The van der Waals surface area contributed by atoms with Gasteiger partial charge in [0.15, 0.2) is 9.84 Å². The van der Waals surface area contributed by atoms with E-state index in [4.69, 9.17) is 5.84 Å². The van der Waals surface area contributed by atoms with Crippen LogP contribution in [-0.4, -0.2) is 24.6 Å². The Hall–Kier alpha value is -1.99. The Morgan fingerprint density at radius 2 is 1.81 bits per heavy atom. The lowest BCUT2D eigenvalue weighted by atomic mass is 10.1. The van der Waals surface area contributed by atoms with Crippen LogP contribution < -0.4 is 11.3 Å². The van der Waals surface area contributed by atoms with Crippen LogP contribution in [0.5, 0.6) is 0 Å². The molecule has 0 bridgehead atoms. The molecule has 1 unspecified atom stereocenters. The number of nitrogens with one attached hydrogen (secondary N) is 1. The number of nitrogens with zero attached hydrogens (tertiary/aromatic N) is 2. The third kappa shape index (κ3) is 3.20. The quantitative estimate of drug-likeness (QED) is 0.660. The van der Waals surface area contributed by atoms with Gasteiger partial charge in [-0.1, -0.05) is 30.3 Å². The average Bonchev–Trinajstić information content (AvgIpc) is 2.46. The number of anilines is 1. The van der Waals surface area contributed by atoms with Gasteiger partial charge in [0.1, 0.15) is 16.9 Å². The highest BCUT2D eigenvalue weighted by Gasteiger charge is 2.23. The van der Waals surface area contributed by atoms with Crippen molar-refractivity contribution >= 4 is 15.7 Å². The van der Waals surface area contributed by atoms with Crippen molar-refractivity contribution in [1.82, 2.24) is 9.97 Å². The minimum Gasteiger partial charge on any atom is -0.308 e. The Balaban J connectivity index is 2.66. The molecule has 0 fully saturated rings. The first-order valence-corrected chi connectivity index (χ1v) is 8.39. The molecule has 0 saturated heterocycles. The molecular formula is C14H18N4O2S. The minimum absolute atomic E-state index is 0.231. The molecule has 7 heteroatoms. The number of hydrazine groups is 1. The van der Waals surface area contributed by atoms with Crippen molar-refractivity contribution in [2.45, 2.75) is 19.1 Å².